The summed E-state index contributed by atoms with van der Waals surface area (Å²) < 4.78 is 68.8. The summed E-state index contributed by atoms with van der Waals surface area (Å²) in [5.41, 5.74) is 1.26. The number of aryl methyl sites for hydroxylation is 1. The van der Waals surface area contributed by atoms with E-state index in [4.69, 9.17) is 0 Å². The molecule has 0 spiro atoms. The molecule has 28 heavy (non-hydrogen) atoms. The standard InChI is InChI=1S/C20H21F3N2O2S/c1-13-7-8-17-14(11-13)15-12-24(2)10-9-18(15)25(17)28(26,27)19-6-4-3-5-16(19)20(21,22)23/h3-8,11,15,18H,9-10,12H2,1-2H3/t15-,18-/m0/s1. The quantitative estimate of drug-likeness (QED) is 0.751. The minimum atomic E-state index is -4.74. The Labute approximate surface area is 162 Å². The number of piperidine rings is 1. The predicted molar refractivity (Wildman–Crippen MR) is 101 cm³/mol. The molecular weight excluding hydrogens is 389 g/mol. The van der Waals surface area contributed by atoms with Gasteiger partial charge in [-0.2, -0.15) is 13.2 Å². The van der Waals surface area contributed by atoms with E-state index in [1.807, 2.05) is 20.0 Å². The molecule has 2 aliphatic heterocycles. The maximum Gasteiger partial charge on any atom is 0.417 e. The highest BCUT2D eigenvalue weighted by atomic mass is 32.2. The van der Waals surface area contributed by atoms with Crippen LogP contribution in [0.3, 0.4) is 0 Å². The van der Waals surface area contributed by atoms with Crippen molar-refractivity contribution in [1.29, 1.82) is 0 Å². The average Bonchev–Trinajstić information content (AvgIpc) is 2.94. The van der Waals surface area contributed by atoms with E-state index in [1.54, 1.807) is 12.1 Å². The minimum Gasteiger partial charge on any atom is -0.306 e. The third-order valence-corrected chi connectivity index (χ3v) is 7.53. The molecule has 0 amide bonds. The number of halogens is 3. The molecule has 4 rings (SSSR count). The highest BCUT2D eigenvalue weighted by Gasteiger charge is 2.48. The smallest absolute Gasteiger partial charge is 0.306 e. The zero-order chi connectivity index (χ0) is 20.3. The molecule has 0 aliphatic carbocycles. The van der Waals surface area contributed by atoms with E-state index < -0.39 is 26.7 Å². The molecule has 2 atom stereocenters. The van der Waals surface area contributed by atoms with E-state index in [-0.39, 0.29) is 12.0 Å². The van der Waals surface area contributed by atoms with Gasteiger partial charge >= 0.3 is 6.18 Å². The predicted octanol–water partition coefficient (Wildman–Crippen LogP) is 4.01. The number of likely N-dealkylation sites (tertiary alicyclic amines) is 1. The lowest BCUT2D eigenvalue weighted by Crippen LogP contribution is -2.47. The number of fused-ring (bicyclic) bond motifs is 3. The molecule has 2 aliphatic rings. The van der Waals surface area contributed by atoms with Crippen molar-refractivity contribution in [3.63, 3.8) is 0 Å². The molecule has 2 aromatic rings. The van der Waals surface area contributed by atoms with Crippen LogP contribution in [0, 0.1) is 6.92 Å². The van der Waals surface area contributed by atoms with Crippen LogP contribution in [0.4, 0.5) is 18.9 Å². The minimum absolute atomic E-state index is 0.0542. The van der Waals surface area contributed by atoms with Crippen molar-refractivity contribution in [1.82, 2.24) is 4.90 Å². The van der Waals surface area contributed by atoms with Crippen molar-refractivity contribution in [3.8, 4) is 0 Å². The third-order valence-electron chi connectivity index (χ3n) is 5.63. The topological polar surface area (TPSA) is 40.6 Å². The Morgan fingerprint density at radius 2 is 1.82 bits per heavy atom. The summed E-state index contributed by atoms with van der Waals surface area (Å²) in [6.45, 7) is 3.30. The largest absolute Gasteiger partial charge is 0.417 e. The molecule has 2 aromatic carbocycles. The summed E-state index contributed by atoms with van der Waals surface area (Å²) in [6.07, 6.45) is -4.17. The molecular formula is C20H21F3N2O2S. The number of benzene rings is 2. The van der Waals surface area contributed by atoms with Crippen molar-refractivity contribution < 1.29 is 21.6 Å². The van der Waals surface area contributed by atoms with Crippen LogP contribution in [0.1, 0.15) is 29.0 Å². The first kappa shape index (κ1) is 19.3. The molecule has 1 fully saturated rings. The molecule has 8 heteroatoms. The fourth-order valence-corrected chi connectivity index (χ4v) is 6.34. The Hall–Kier alpha value is -2.06. The number of sulfonamides is 1. The average molecular weight is 410 g/mol. The van der Waals surface area contributed by atoms with E-state index >= 15 is 0 Å². The van der Waals surface area contributed by atoms with Gasteiger partial charge in [-0.3, -0.25) is 4.31 Å². The summed E-state index contributed by atoms with van der Waals surface area (Å²) in [5.74, 6) is -0.0542. The van der Waals surface area contributed by atoms with Crippen molar-refractivity contribution >= 4 is 15.7 Å². The van der Waals surface area contributed by atoms with E-state index in [2.05, 4.69) is 4.90 Å². The SMILES string of the molecule is Cc1ccc2c(c1)[C@@H]1CN(C)CC[C@@H]1N2S(=O)(=O)c1ccccc1C(F)(F)F. The van der Waals surface area contributed by atoms with Gasteiger partial charge in [0.25, 0.3) is 10.0 Å². The summed E-state index contributed by atoms with van der Waals surface area (Å²) in [4.78, 5) is 1.45. The van der Waals surface area contributed by atoms with Crippen molar-refractivity contribution in [2.24, 2.45) is 0 Å². The van der Waals surface area contributed by atoms with E-state index in [1.165, 1.54) is 16.4 Å². The molecule has 0 saturated carbocycles. The first-order chi connectivity index (χ1) is 13.1. The van der Waals surface area contributed by atoms with Crippen LogP contribution in [-0.4, -0.2) is 39.5 Å². The second-order valence-electron chi connectivity index (χ2n) is 7.58. The molecule has 0 unspecified atom stereocenters. The van der Waals surface area contributed by atoms with Gasteiger partial charge in [0, 0.05) is 12.5 Å². The van der Waals surface area contributed by atoms with Crippen LogP contribution in [-0.2, 0) is 16.2 Å². The Morgan fingerprint density at radius 3 is 2.54 bits per heavy atom. The van der Waals surface area contributed by atoms with Gasteiger partial charge in [-0.1, -0.05) is 29.8 Å². The van der Waals surface area contributed by atoms with Gasteiger partial charge in [-0.25, -0.2) is 8.42 Å². The molecule has 0 bridgehead atoms. The first-order valence-corrected chi connectivity index (χ1v) is 10.5. The van der Waals surface area contributed by atoms with Crippen molar-refractivity contribution in [2.45, 2.75) is 36.4 Å². The number of rotatable bonds is 2. The first-order valence-electron chi connectivity index (χ1n) is 9.10. The van der Waals surface area contributed by atoms with Gasteiger partial charge in [0.1, 0.15) is 0 Å². The Bertz CT molecular complexity index is 1020. The van der Waals surface area contributed by atoms with Crippen molar-refractivity contribution in [2.75, 3.05) is 24.4 Å². The maximum atomic E-state index is 13.5. The number of hydrogen-bond acceptors (Lipinski definition) is 3. The molecule has 0 N–H and O–H groups in total. The second-order valence-corrected chi connectivity index (χ2v) is 9.37. The van der Waals surface area contributed by atoms with Crippen LogP contribution in [0.5, 0.6) is 0 Å². The monoisotopic (exact) mass is 410 g/mol. The molecule has 150 valence electrons. The fourth-order valence-electron chi connectivity index (χ4n) is 4.38. The number of hydrogen-bond donors (Lipinski definition) is 0. The van der Waals surface area contributed by atoms with Gasteiger partial charge in [0.05, 0.1) is 22.2 Å². The fraction of sp³-hybridized carbons (Fsp3) is 0.400. The van der Waals surface area contributed by atoms with Gasteiger partial charge in [0.15, 0.2) is 0 Å². The molecule has 1 saturated heterocycles. The number of anilines is 1. The molecule has 2 heterocycles. The lowest BCUT2D eigenvalue weighted by atomic mass is 9.89. The van der Waals surface area contributed by atoms with Crippen LogP contribution in [0.25, 0.3) is 0 Å². The van der Waals surface area contributed by atoms with Crippen molar-refractivity contribution in [3.05, 3.63) is 59.2 Å². The number of nitrogens with zero attached hydrogens (tertiary/aromatic N) is 2. The zero-order valence-corrected chi connectivity index (χ0v) is 16.4. The van der Waals surface area contributed by atoms with Crippen LogP contribution in [0.2, 0.25) is 0 Å². The lowest BCUT2D eigenvalue weighted by molar-refractivity contribution is -0.139. The highest BCUT2D eigenvalue weighted by Crippen LogP contribution is 2.48. The second kappa shape index (κ2) is 6.49. The Balaban J connectivity index is 1.90. The summed E-state index contributed by atoms with van der Waals surface area (Å²) >= 11 is 0. The lowest BCUT2D eigenvalue weighted by Gasteiger charge is -2.37. The van der Waals surface area contributed by atoms with Gasteiger partial charge in [0.2, 0.25) is 0 Å². The Kier molecular flexibility index (Phi) is 4.46. The van der Waals surface area contributed by atoms with E-state index in [0.29, 0.717) is 25.2 Å². The number of alkyl halides is 3. The molecule has 0 aromatic heterocycles. The van der Waals surface area contributed by atoms with Gasteiger partial charge in [-0.05, 0) is 50.7 Å². The third kappa shape index (κ3) is 2.99. The van der Waals surface area contributed by atoms with Crippen LogP contribution >= 0.6 is 0 Å². The molecule has 0 radical (unpaired) electrons. The summed E-state index contributed by atoms with van der Waals surface area (Å²) in [5, 5.41) is 0. The summed E-state index contributed by atoms with van der Waals surface area (Å²) in [6, 6.07) is 9.52. The van der Waals surface area contributed by atoms with Gasteiger partial charge < -0.3 is 4.90 Å². The Morgan fingerprint density at radius 1 is 1.11 bits per heavy atom. The number of likely N-dealkylation sites (N-methyl/N-ethyl adjacent to an activating group) is 1. The normalized spacial score (nSPS) is 22.8. The summed E-state index contributed by atoms with van der Waals surface area (Å²) in [7, 11) is -2.40. The van der Waals surface area contributed by atoms with Crippen LogP contribution < -0.4 is 4.31 Å². The zero-order valence-electron chi connectivity index (χ0n) is 15.6. The maximum absolute atomic E-state index is 13.5. The highest BCUT2D eigenvalue weighted by molar-refractivity contribution is 7.93. The van der Waals surface area contributed by atoms with Crippen LogP contribution in [0.15, 0.2) is 47.4 Å². The van der Waals surface area contributed by atoms with E-state index in [9.17, 15) is 21.6 Å². The van der Waals surface area contributed by atoms with Gasteiger partial charge in [-0.15, -0.1) is 0 Å². The molecule has 4 nitrogen and oxygen atoms in total. The van der Waals surface area contributed by atoms with E-state index in [0.717, 1.165) is 23.3 Å².